The Labute approximate surface area is 248 Å². The normalized spacial score (nSPS) is 16.3. The molecular weight excluding hydrogens is 548 g/mol. The van der Waals surface area contributed by atoms with Crippen molar-refractivity contribution in [3.63, 3.8) is 0 Å². The highest BCUT2D eigenvalue weighted by molar-refractivity contribution is 6.74. The van der Waals surface area contributed by atoms with Crippen LogP contribution in [-0.4, -0.2) is 72.9 Å². The molecule has 4 rings (SSSR count). The molecule has 0 bridgehead atoms. The first-order valence-corrected chi connectivity index (χ1v) is 16.8. The molecule has 0 unspecified atom stereocenters. The summed E-state index contributed by atoms with van der Waals surface area (Å²) in [6.07, 6.45) is 3.21. The van der Waals surface area contributed by atoms with Crippen LogP contribution in [-0.2, 0) is 14.6 Å². The zero-order valence-electron chi connectivity index (χ0n) is 25.9. The molecule has 2 N–H and O–H groups in total. The standard InChI is InChI=1S/C30H40N8O3Si/c1-19-33-15-24(27(35-19)40-16-25(39)38(6)7)37-28-32-11-10-23(36-28)20-12-21(14-31)26-22(13-20)30(5,17-34-26)18-41-42(8,9)29(2,3)4/h10-13,15,34H,16-18H2,1-9H3,(H,32,36,37)/t30-/m1/s1. The number of ether oxygens (including phenoxy) is 1. The van der Waals surface area contributed by atoms with Crippen LogP contribution >= 0.6 is 0 Å². The molecule has 1 aliphatic rings. The fourth-order valence-corrected chi connectivity index (χ4v) is 5.33. The smallest absolute Gasteiger partial charge is 0.260 e. The molecule has 0 radical (unpaired) electrons. The summed E-state index contributed by atoms with van der Waals surface area (Å²) in [6, 6.07) is 8.09. The Morgan fingerprint density at radius 3 is 2.64 bits per heavy atom. The number of nitriles is 1. The first-order valence-electron chi connectivity index (χ1n) is 13.9. The third kappa shape index (κ3) is 6.53. The van der Waals surface area contributed by atoms with Crippen molar-refractivity contribution >= 4 is 31.5 Å². The maximum Gasteiger partial charge on any atom is 0.260 e. The minimum absolute atomic E-state index is 0.0948. The highest BCUT2D eigenvalue weighted by atomic mass is 28.4. The Bertz CT molecular complexity index is 1530. The molecule has 11 nitrogen and oxygen atoms in total. The number of rotatable bonds is 9. The van der Waals surface area contributed by atoms with Crippen LogP contribution in [0, 0.1) is 18.3 Å². The second-order valence-electron chi connectivity index (χ2n) is 12.6. The number of nitrogens with one attached hydrogen (secondary N) is 2. The Morgan fingerprint density at radius 1 is 1.24 bits per heavy atom. The molecule has 1 amide bonds. The van der Waals surface area contributed by atoms with Gasteiger partial charge in [-0.3, -0.25) is 4.79 Å². The summed E-state index contributed by atoms with van der Waals surface area (Å²) in [5.41, 5.74) is 4.00. The van der Waals surface area contributed by atoms with Crippen molar-refractivity contribution in [3.05, 3.63) is 47.5 Å². The number of hydrogen-bond donors (Lipinski definition) is 2. The van der Waals surface area contributed by atoms with Crippen LogP contribution in [0.4, 0.5) is 17.3 Å². The maximum absolute atomic E-state index is 12.1. The van der Waals surface area contributed by atoms with Gasteiger partial charge in [0, 0.05) is 44.4 Å². The van der Waals surface area contributed by atoms with E-state index in [0.717, 1.165) is 16.8 Å². The molecule has 1 aromatic carbocycles. The number of anilines is 3. The van der Waals surface area contributed by atoms with E-state index in [9.17, 15) is 10.1 Å². The van der Waals surface area contributed by atoms with Crippen molar-refractivity contribution < 1.29 is 14.0 Å². The molecule has 0 fully saturated rings. The summed E-state index contributed by atoms with van der Waals surface area (Å²) in [7, 11) is 1.34. The lowest BCUT2D eigenvalue weighted by Crippen LogP contribution is -2.45. The predicted molar refractivity (Wildman–Crippen MR) is 165 cm³/mol. The third-order valence-electron chi connectivity index (χ3n) is 8.03. The molecule has 2 aromatic heterocycles. The molecular formula is C30H40N8O3Si. The summed E-state index contributed by atoms with van der Waals surface area (Å²) in [5.74, 6) is 0.819. The number of aromatic nitrogens is 4. The van der Waals surface area contributed by atoms with Crippen LogP contribution in [0.2, 0.25) is 18.1 Å². The molecule has 12 heteroatoms. The number of hydrogen-bond acceptors (Lipinski definition) is 10. The van der Waals surface area contributed by atoms with Gasteiger partial charge in [-0.05, 0) is 48.8 Å². The fourth-order valence-electron chi connectivity index (χ4n) is 4.21. The van der Waals surface area contributed by atoms with Crippen molar-refractivity contribution in [2.75, 3.05) is 44.5 Å². The zero-order chi connectivity index (χ0) is 30.9. The van der Waals surface area contributed by atoms with E-state index in [4.69, 9.17) is 14.1 Å². The SMILES string of the molecule is Cc1ncc(Nc2nccc(-c3cc(C#N)c4c(c3)[C@@](C)(CO[Si](C)(C)C(C)(C)C)CN4)n2)c(OCC(=O)N(C)C)n1. The minimum atomic E-state index is -1.97. The van der Waals surface area contributed by atoms with E-state index in [1.54, 1.807) is 39.5 Å². The van der Waals surface area contributed by atoms with Gasteiger partial charge in [-0.1, -0.05) is 27.7 Å². The van der Waals surface area contributed by atoms with Gasteiger partial charge < -0.3 is 24.7 Å². The van der Waals surface area contributed by atoms with Crippen LogP contribution in [0.5, 0.6) is 5.88 Å². The average Bonchev–Trinajstić information content (AvgIpc) is 3.27. The van der Waals surface area contributed by atoms with Crippen LogP contribution in [0.25, 0.3) is 11.3 Å². The molecule has 0 aliphatic carbocycles. The lowest BCUT2D eigenvalue weighted by Gasteiger charge is -2.39. The summed E-state index contributed by atoms with van der Waals surface area (Å²) >= 11 is 0. The van der Waals surface area contributed by atoms with E-state index in [0.29, 0.717) is 41.9 Å². The van der Waals surface area contributed by atoms with E-state index < -0.39 is 8.32 Å². The van der Waals surface area contributed by atoms with E-state index >= 15 is 0 Å². The molecule has 0 spiro atoms. The van der Waals surface area contributed by atoms with E-state index in [-0.39, 0.29) is 28.8 Å². The zero-order valence-corrected chi connectivity index (χ0v) is 26.9. The highest BCUT2D eigenvalue weighted by Crippen LogP contribution is 2.44. The molecule has 3 aromatic rings. The topological polar surface area (TPSA) is 138 Å². The molecule has 42 heavy (non-hydrogen) atoms. The number of carbonyl (C=O) groups is 1. The number of likely N-dealkylation sites (N-methyl/N-ethyl adjacent to an activating group) is 1. The Kier molecular flexibility index (Phi) is 8.57. The van der Waals surface area contributed by atoms with Gasteiger partial charge >= 0.3 is 0 Å². The first kappa shape index (κ1) is 30.9. The maximum atomic E-state index is 12.1. The summed E-state index contributed by atoms with van der Waals surface area (Å²) in [4.78, 5) is 31.2. The average molecular weight is 589 g/mol. The van der Waals surface area contributed by atoms with E-state index in [2.05, 4.69) is 78.5 Å². The third-order valence-corrected chi connectivity index (χ3v) is 12.5. The quantitative estimate of drug-likeness (QED) is 0.327. The van der Waals surface area contributed by atoms with E-state index in [1.807, 2.05) is 6.07 Å². The predicted octanol–water partition coefficient (Wildman–Crippen LogP) is 5.03. The van der Waals surface area contributed by atoms with Gasteiger partial charge in [0.1, 0.15) is 17.6 Å². The Morgan fingerprint density at radius 2 is 1.98 bits per heavy atom. The van der Waals surface area contributed by atoms with Gasteiger partial charge in [0.05, 0.1) is 23.1 Å². The van der Waals surface area contributed by atoms with Crippen LogP contribution < -0.4 is 15.4 Å². The van der Waals surface area contributed by atoms with Gasteiger partial charge in [-0.2, -0.15) is 10.2 Å². The molecule has 0 saturated carbocycles. The second-order valence-corrected chi connectivity index (χ2v) is 17.4. The number of benzene rings is 1. The van der Waals surface area contributed by atoms with Gasteiger partial charge in [-0.25, -0.2) is 15.0 Å². The van der Waals surface area contributed by atoms with Crippen LogP contribution in [0.15, 0.2) is 30.6 Å². The molecule has 0 saturated heterocycles. The molecule has 222 valence electrons. The van der Waals surface area contributed by atoms with Crippen molar-refractivity contribution in [2.45, 2.75) is 58.2 Å². The number of aryl methyl sites for hydroxylation is 1. The number of carbonyl (C=O) groups excluding carboxylic acids is 1. The van der Waals surface area contributed by atoms with Crippen molar-refractivity contribution in [1.29, 1.82) is 5.26 Å². The van der Waals surface area contributed by atoms with Crippen LogP contribution in [0.3, 0.4) is 0 Å². The van der Waals surface area contributed by atoms with E-state index in [1.165, 1.54) is 4.90 Å². The molecule has 1 aliphatic heterocycles. The fraction of sp³-hybridized carbons (Fsp3) is 0.467. The largest absolute Gasteiger partial charge is 0.466 e. The first-order chi connectivity index (χ1) is 19.6. The molecule has 1 atom stereocenters. The van der Waals surface area contributed by atoms with Crippen molar-refractivity contribution in [1.82, 2.24) is 24.8 Å². The van der Waals surface area contributed by atoms with Gasteiger partial charge in [0.2, 0.25) is 11.8 Å². The Balaban J connectivity index is 1.64. The number of nitrogens with zero attached hydrogens (tertiary/aromatic N) is 6. The lowest BCUT2D eigenvalue weighted by atomic mass is 9.83. The highest BCUT2D eigenvalue weighted by Gasteiger charge is 2.42. The summed E-state index contributed by atoms with van der Waals surface area (Å²) in [5, 5.41) is 16.7. The number of amides is 1. The number of fused-ring (bicyclic) bond motifs is 1. The van der Waals surface area contributed by atoms with Crippen LogP contribution in [0.1, 0.15) is 44.6 Å². The molecule has 3 heterocycles. The summed E-state index contributed by atoms with van der Waals surface area (Å²) in [6.45, 7) is 16.2. The monoisotopic (exact) mass is 588 g/mol. The van der Waals surface area contributed by atoms with Gasteiger partial charge in [0.25, 0.3) is 5.91 Å². The van der Waals surface area contributed by atoms with Gasteiger partial charge in [0.15, 0.2) is 14.9 Å². The van der Waals surface area contributed by atoms with Crippen molar-refractivity contribution in [2.24, 2.45) is 0 Å². The lowest BCUT2D eigenvalue weighted by molar-refractivity contribution is -0.130. The van der Waals surface area contributed by atoms with Gasteiger partial charge in [-0.15, -0.1) is 0 Å². The summed E-state index contributed by atoms with van der Waals surface area (Å²) < 4.78 is 12.3. The minimum Gasteiger partial charge on any atom is -0.466 e. The Hall–Kier alpha value is -4.08. The second kappa shape index (κ2) is 11.7. The van der Waals surface area contributed by atoms with Crippen molar-refractivity contribution in [3.8, 4) is 23.2 Å².